The van der Waals surface area contributed by atoms with Crippen LogP contribution in [0.4, 0.5) is 11.4 Å². The second-order valence-electron chi connectivity index (χ2n) is 7.14. The van der Waals surface area contributed by atoms with Gasteiger partial charge >= 0.3 is 0 Å². The number of hydrogen-bond donors (Lipinski definition) is 2. The topological polar surface area (TPSA) is 83.1 Å². The number of amides is 2. The van der Waals surface area contributed by atoms with E-state index in [1.54, 1.807) is 18.2 Å². The second-order valence-corrected chi connectivity index (χ2v) is 7.14. The maximum atomic E-state index is 12.2. The van der Waals surface area contributed by atoms with E-state index in [1.165, 1.54) is 0 Å². The Balaban J connectivity index is 1.26. The van der Waals surface area contributed by atoms with Gasteiger partial charge in [0.1, 0.15) is 0 Å². The number of anilines is 2. The minimum atomic E-state index is -0.344. The standard InChI is InChI=1S/C21H24N4O4/c1-24-8-10-25(11-9-24)17-5-3-16(4-6-17)23-20(26)13-22-21(27)15-2-7-18-19(12-15)29-14-28-18/h2-7,12H,8-11,13-14H2,1H3,(H,22,27)(H,23,26). The molecule has 2 amide bonds. The molecule has 2 aromatic rings. The number of hydrogen-bond acceptors (Lipinski definition) is 6. The molecule has 0 aromatic heterocycles. The zero-order valence-corrected chi connectivity index (χ0v) is 16.3. The number of rotatable bonds is 5. The van der Waals surface area contributed by atoms with Crippen molar-refractivity contribution in [2.75, 3.05) is 56.8 Å². The van der Waals surface area contributed by atoms with Gasteiger partial charge in [0.2, 0.25) is 12.7 Å². The molecule has 0 radical (unpaired) electrons. The fourth-order valence-corrected chi connectivity index (χ4v) is 3.33. The van der Waals surface area contributed by atoms with Gasteiger partial charge in [0, 0.05) is 43.1 Å². The molecule has 0 atom stereocenters. The molecule has 8 nitrogen and oxygen atoms in total. The van der Waals surface area contributed by atoms with Gasteiger partial charge in [-0.25, -0.2) is 0 Å². The summed E-state index contributed by atoms with van der Waals surface area (Å²) in [5.74, 6) is 0.511. The lowest BCUT2D eigenvalue weighted by atomic mass is 10.2. The predicted octanol–water partition coefficient (Wildman–Crippen LogP) is 1.54. The van der Waals surface area contributed by atoms with Crippen LogP contribution in [0.25, 0.3) is 0 Å². The molecule has 4 rings (SSSR count). The number of piperazine rings is 1. The highest BCUT2D eigenvalue weighted by atomic mass is 16.7. The first-order chi connectivity index (χ1) is 14.1. The van der Waals surface area contributed by atoms with E-state index in [2.05, 4.69) is 27.5 Å². The summed E-state index contributed by atoms with van der Waals surface area (Å²) in [6.07, 6.45) is 0. The third kappa shape index (κ3) is 4.60. The highest BCUT2D eigenvalue weighted by Gasteiger charge is 2.17. The number of ether oxygens (including phenoxy) is 2. The second kappa shape index (κ2) is 8.40. The molecule has 1 saturated heterocycles. The summed E-state index contributed by atoms with van der Waals surface area (Å²) in [5, 5.41) is 5.42. The van der Waals surface area contributed by atoms with E-state index in [4.69, 9.17) is 9.47 Å². The molecule has 2 aliphatic heterocycles. The van der Waals surface area contributed by atoms with Gasteiger partial charge in [-0.05, 0) is 49.5 Å². The van der Waals surface area contributed by atoms with Crippen LogP contribution >= 0.6 is 0 Å². The van der Waals surface area contributed by atoms with Gasteiger partial charge in [0.25, 0.3) is 5.91 Å². The summed E-state index contributed by atoms with van der Waals surface area (Å²) in [5.41, 5.74) is 2.26. The smallest absolute Gasteiger partial charge is 0.251 e. The van der Waals surface area contributed by atoms with E-state index in [0.29, 0.717) is 22.7 Å². The minimum Gasteiger partial charge on any atom is -0.454 e. The third-order valence-corrected chi connectivity index (χ3v) is 5.06. The van der Waals surface area contributed by atoms with Crippen molar-refractivity contribution >= 4 is 23.2 Å². The van der Waals surface area contributed by atoms with E-state index in [1.807, 2.05) is 24.3 Å². The largest absolute Gasteiger partial charge is 0.454 e. The average molecular weight is 396 g/mol. The van der Waals surface area contributed by atoms with Crippen LogP contribution in [0.15, 0.2) is 42.5 Å². The fourth-order valence-electron chi connectivity index (χ4n) is 3.33. The number of fused-ring (bicyclic) bond motifs is 1. The zero-order chi connectivity index (χ0) is 20.2. The lowest BCUT2D eigenvalue weighted by Crippen LogP contribution is -2.44. The number of likely N-dealkylation sites (N-methyl/N-ethyl adjacent to an activating group) is 1. The number of nitrogens with zero attached hydrogens (tertiary/aromatic N) is 2. The van der Waals surface area contributed by atoms with Crippen molar-refractivity contribution in [1.29, 1.82) is 0 Å². The van der Waals surface area contributed by atoms with Crippen LogP contribution in [-0.4, -0.2) is 63.3 Å². The maximum absolute atomic E-state index is 12.2. The van der Waals surface area contributed by atoms with Crippen LogP contribution in [0.3, 0.4) is 0 Å². The molecular formula is C21H24N4O4. The molecule has 2 N–H and O–H groups in total. The normalized spacial score (nSPS) is 15.8. The molecule has 29 heavy (non-hydrogen) atoms. The number of carbonyl (C=O) groups is 2. The van der Waals surface area contributed by atoms with E-state index >= 15 is 0 Å². The Hall–Kier alpha value is -3.26. The van der Waals surface area contributed by atoms with Gasteiger partial charge < -0.3 is 29.9 Å². The summed E-state index contributed by atoms with van der Waals surface area (Å²) in [6.45, 7) is 4.11. The van der Waals surface area contributed by atoms with Crippen LogP contribution in [0.2, 0.25) is 0 Å². The summed E-state index contributed by atoms with van der Waals surface area (Å²) in [4.78, 5) is 29.1. The number of carbonyl (C=O) groups excluding carboxylic acids is 2. The molecule has 8 heteroatoms. The molecule has 0 bridgehead atoms. The summed E-state index contributed by atoms with van der Waals surface area (Å²) >= 11 is 0. The Labute approximate surface area is 169 Å². The van der Waals surface area contributed by atoms with E-state index in [9.17, 15) is 9.59 Å². The molecular weight excluding hydrogens is 372 g/mol. The number of nitrogens with one attached hydrogen (secondary N) is 2. The van der Waals surface area contributed by atoms with Crippen LogP contribution in [-0.2, 0) is 4.79 Å². The van der Waals surface area contributed by atoms with Crippen molar-refractivity contribution in [3.8, 4) is 11.5 Å². The molecule has 0 aliphatic carbocycles. The maximum Gasteiger partial charge on any atom is 0.251 e. The van der Waals surface area contributed by atoms with Crippen molar-refractivity contribution < 1.29 is 19.1 Å². The number of benzene rings is 2. The summed E-state index contributed by atoms with van der Waals surface area (Å²) < 4.78 is 10.5. The van der Waals surface area contributed by atoms with E-state index < -0.39 is 0 Å². The van der Waals surface area contributed by atoms with Gasteiger partial charge in [-0.3, -0.25) is 9.59 Å². The van der Waals surface area contributed by atoms with E-state index in [-0.39, 0.29) is 25.2 Å². The first-order valence-electron chi connectivity index (χ1n) is 9.60. The molecule has 0 saturated carbocycles. The Morgan fingerprint density at radius 1 is 0.966 bits per heavy atom. The van der Waals surface area contributed by atoms with Gasteiger partial charge in [-0.15, -0.1) is 0 Å². The Bertz CT molecular complexity index is 892. The third-order valence-electron chi connectivity index (χ3n) is 5.06. The molecule has 2 aromatic carbocycles. The van der Waals surface area contributed by atoms with Crippen LogP contribution < -0.4 is 25.0 Å². The molecule has 0 unspecified atom stereocenters. The predicted molar refractivity (Wildman–Crippen MR) is 110 cm³/mol. The van der Waals surface area contributed by atoms with Crippen LogP contribution in [0.5, 0.6) is 11.5 Å². The monoisotopic (exact) mass is 396 g/mol. The highest BCUT2D eigenvalue weighted by Crippen LogP contribution is 2.32. The fraction of sp³-hybridized carbons (Fsp3) is 0.333. The van der Waals surface area contributed by atoms with Gasteiger partial charge in [0.15, 0.2) is 11.5 Å². The SMILES string of the molecule is CN1CCN(c2ccc(NC(=O)CNC(=O)c3ccc4c(c3)OCO4)cc2)CC1. The van der Waals surface area contributed by atoms with Crippen LogP contribution in [0.1, 0.15) is 10.4 Å². The van der Waals surface area contributed by atoms with Crippen molar-refractivity contribution in [3.05, 3.63) is 48.0 Å². The first kappa shape index (κ1) is 19.1. The molecule has 1 fully saturated rings. The van der Waals surface area contributed by atoms with Gasteiger partial charge in [-0.1, -0.05) is 0 Å². The minimum absolute atomic E-state index is 0.118. The van der Waals surface area contributed by atoms with Crippen molar-refractivity contribution in [2.45, 2.75) is 0 Å². The first-order valence-corrected chi connectivity index (χ1v) is 9.60. The van der Waals surface area contributed by atoms with Gasteiger partial charge in [0.05, 0.1) is 6.54 Å². The average Bonchev–Trinajstić information content (AvgIpc) is 3.21. The highest BCUT2D eigenvalue weighted by molar-refractivity contribution is 5.99. The van der Waals surface area contributed by atoms with E-state index in [0.717, 1.165) is 31.9 Å². The summed E-state index contributed by atoms with van der Waals surface area (Å²) in [7, 11) is 2.13. The Kier molecular flexibility index (Phi) is 5.53. The Morgan fingerprint density at radius 2 is 1.69 bits per heavy atom. The van der Waals surface area contributed by atoms with Crippen LogP contribution in [0, 0.1) is 0 Å². The van der Waals surface area contributed by atoms with Crippen molar-refractivity contribution in [3.63, 3.8) is 0 Å². The van der Waals surface area contributed by atoms with Gasteiger partial charge in [-0.2, -0.15) is 0 Å². The summed E-state index contributed by atoms with van der Waals surface area (Å²) in [6, 6.07) is 12.7. The Morgan fingerprint density at radius 3 is 2.45 bits per heavy atom. The quantitative estimate of drug-likeness (QED) is 0.798. The lowest BCUT2D eigenvalue weighted by Gasteiger charge is -2.34. The molecule has 2 heterocycles. The lowest BCUT2D eigenvalue weighted by molar-refractivity contribution is -0.115. The van der Waals surface area contributed by atoms with Crippen molar-refractivity contribution in [1.82, 2.24) is 10.2 Å². The van der Waals surface area contributed by atoms with Crippen molar-refractivity contribution in [2.24, 2.45) is 0 Å². The molecule has 152 valence electrons. The zero-order valence-electron chi connectivity index (χ0n) is 16.3. The molecule has 0 spiro atoms. The molecule has 2 aliphatic rings.